The van der Waals surface area contributed by atoms with E-state index >= 15 is 0 Å². The first-order valence-electron chi connectivity index (χ1n) is 10.1. The number of piperidine rings is 1. The van der Waals surface area contributed by atoms with Crippen LogP contribution >= 0.6 is 11.3 Å². The maximum absolute atomic E-state index is 12.2. The van der Waals surface area contributed by atoms with Crippen LogP contribution in [0.4, 0.5) is 0 Å². The lowest BCUT2D eigenvalue weighted by Crippen LogP contribution is -2.35. The Hall–Kier alpha value is -2.28. The maximum Gasteiger partial charge on any atom is 0.338 e. The summed E-state index contributed by atoms with van der Waals surface area (Å²) < 4.78 is 12.9. The number of nitrogens with zero attached hydrogens (tertiary/aromatic N) is 2. The number of thiazole rings is 1. The molecular formula is C23H26N2O3S. The number of carbonyl (C=O) groups excluding carboxylic acids is 1. The zero-order valence-corrected chi connectivity index (χ0v) is 17.7. The van der Waals surface area contributed by atoms with Gasteiger partial charge in [-0.1, -0.05) is 24.3 Å². The molecule has 1 atom stereocenters. The van der Waals surface area contributed by atoms with Gasteiger partial charge in [0.1, 0.15) is 11.1 Å². The van der Waals surface area contributed by atoms with E-state index in [1.165, 1.54) is 0 Å². The van der Waals surface area contributed by atoms with E-state index in [-0.39, 0.29) is 18.2 Å². The molecule has 0 saturated carbocycles. The van der Waals surface area contributed by atoms with Gasteiger partial charge < -0.3 is 14.4 Å². The van der Waals surface area contributed by atoms with Gasteiger partial charge in [0.25, 0.3) is 0 Å². The molecule has 1 aliphatic heterocycles. The summed E-state index contributed by atoms with van der Waals surface area (Å²) in [5, 5.41) is 0.922. The van der Waals surface area contributed by atoms with Gasteiger partial charge in [-0.2, -0.15) is 0 Å². The number of hydrogen-bond donors (Lipinski definition) is 0. The molecule has 1 saturated heterocycles. The van der Waals surface area contributed by atoms with Crippen molar-refractivity contribution in [3.8, 4) is 0 Å². The van der Waals surface area contributed by atoms with E-state index < -0.39 is 0 Å². The van der Waals surface area contributed by atoms with E-state index in [9.17, 15) is 4.79 Å². The number of benzene rings is 2. The highest BCUT2D eigenvalue weighted by molar-refractivity contribution is 7.18. The van der Waals surface area contributed by atoms with E-state index in [4.69, 9.17) is 14.5 Å². The van der Waals surface area contributed by atoms with Crippen molar-refractivity contribution in [3.05, 3.63) is 64.7 Å². The molecule has 6 heteroatoms. The molecule has 0 radical (unpaired) electrons. The summed E-state index contributed by atoms with van der Waals surface area (Å²) in [6.07, 6.45) is 1.87. The number of carbonyl (C=O) groups is 1. The predicted octanol–water partition coefficient (Wildman–Crippen LogP) is 4.67. The van der Waals surface area contributed by atoms with Crippen LogP contribution in [-0.4, -0.2) is 48.7 Å². The Bertz CT molecular complexity index is 946. The lowest BCUT2D eigenvalue weighted by molar-refractivity contribution is -0.0234. The summed E-state index contributed by atoms with van der Waals surface area (Å²) in [5.41, 5.74) is 2.46. The van der Waals surface area contributed by atoms with Crippen molar-refractivity contribution in [2.45, 2.75) is 32.0 Å². The Morgan fingerprint density at radius 1 is 1.21 bits per heavy atom. The topological polar surface area (TPSA) is 51.7 Å². The lowest BCUT2D eigenvalue weighted by atomic mass is 10.0. The number of esters is 1. The maximum atomic E-state index is 12.2. The minimum Gasteiger partial charge on any atom is -0.462 e. The second-order valence-electron chi connectivity index (χ2n) is 7.38. The highest BCUT2D eigenvalue weighted by atomic mass is 32.1. The average molecular weight is 411 g/mol. The second kappa shape index (κ2) is 9.03. The van der Waals surface area contributed by atoms with Crippen LogP contribution < -0.4 is 0 Å². The molecule has 2 heterocycles. The third-order valence-corrected chi connectivity index (χ3v) is 6.31. The van der Waals surface area contributed by atoms with Crippen molar-refractivity contribution in [1.82, 2.24) is 9.88 Å². The average Bonchev–Trinajstić information content (AvgIpc) is 3.17. The Morgan fingerprint density at radius 2 is 2.00 bits per heavy atom. The lowest BCUT2D eigenvalue weighted by Gasteiger charge is -2.31. The first kappa shape index (κ1) is 20.0. The van der Waals surface area contributed by atoms with Crippen molar-refractivity contribution in [1.29, 1.82) is 0 Å². The van der Waals surface area contributed by atoms with Crippen LogP contribution in [0.1, 0.15) is 46.8 Å². The summed E-state index contributed by atoms with van der Waals surface area (Å²) in [6.45, 7) is 4.23. The molecule has 3 aromatic rings. The van der Waals surface area contributed by atoms with Gasteiger partial charge in [0.2, 0.25) is 0 Å². The molecule has 0 N–H and O–H groups in total. The van der Waals surface area contributed by atoms with Crippen LogP contribution in [-0.2, 0) is 9.47 Å². The van der Waals surface area contributed by atoms with Crippen molar-refractivity contribution in [3.63, 3.8) is 0 Å². The fourth-order valence-corrected chi connectivity index (χ4v) is 4.67. The SMILES string of the molecule is CCOC(=O)c1cccc(C(OC2CCN(C)CC2)c2nc3ccccc3s2)c1. The summed E-state index contributed by atoms with van der Waals surface area (Å²) in [7, 11) is 2.14. The smallest absolute Gasteiger partial charge is 0.338 e. The molecule has 0 amide bonds. The minimum atomic E-state index is -0.309. The summed E-state index contributed by atoms with van der Waals surface area (Å²) >= 11 is 1.65. The van der Waals surface area contributed by atoms with Gasteiger partial charge in [0.15, 0.2) is 0 Å². The number of ether oxygens (including phenoxy) is 2. The minimum absolute atomic E-state index is 0.175. The van der Waals surface area contributed by atoms with Gasteiger partial charge in [-0.25, -0.2) is 9.78 Å². The quantitative estimate of drug-likeness (QED) is 0.553. The van der Waals surface area contributed by atoms with Crippen LogP contribution in [0, 0.1) is 0 Å². The van der Waals surface area contributed by atoms with Crippen LogP contribution in [0.3, 0.4) is 0 Å². The summed E-state index contributed by atoms with van der Waals surface area (Å²) in [6, 6.07) is 15.7. The first-order chi connectivity index (χ1) is 14.1. The number of rotatable bonds is 6. The van der Waals surface area contributed by atoms with Crippen LogP contribution in [0.5, 0.6) is 0 Å². The molecule has 0 aliphatic carbocycles. The number of fused-ring (bicyclic) bond motifs is 1. The molecule has 5 nitrogen and oxygen atoms in total. The van der Waals surface area contributed by atoms with E-state index in [1.807, 2.05) is 43.3 Å². The fraction of sp³-hybridized carbons (Fsp3) is 0.391. The van der Waals surface area contributed by atoms with Crippen LogP contribution in [0.15, 0.2) is 48.5 Å². The molecule has 2 aromatic carbocycles. The normalized spacial score (nSPS) is 16.8. The number of hydrogen-bond acceptors (Lipinski definition) is 6. The molecule has 0 bridgehead atoms. The Morgan fingerprint density at radius 3 is 2.76 bits per heavy atom. The number of likely N-dealkylation sites (tertiary alicyclic amines) is 1. The van der Waals surface area contributed by atoms with Gasteiger partial charge >= 0.3 is 5.97 Å². The highest BCUT2D eigenvalue weighted by Crippen LogP contribution is 2.35. The largest absolute Gasteiger partial charge is 0.462 e. The van der Waals surface area contributed by atoms with Gasteiger partial charge in [0.05, 0.1) is 28.5 Å². The summed E-state index contributed by atoms with van der Waals surface area (Å²) in [5.74, 6) is -0.309. The number of para-hydroxylation sites is 1. The molecule has 152 valence electrons. The molecule has 1 aliphatic rings. The molecular weight excluding hydrogens is 384 g/mol. The van der Waals surface area contributed by atoms with Crippen LogP contribution in [0.25, 0.3) is 10.2 Å². The third-order valence-electron chi connectivity index (χ3n) is 5.23. The van der Waals surface area contributed by atoms with Crippen molar-refractivity contribution >= 4 is 27.5 Å². The van der Waals surface area contributed by atoms with E-state index in [0.29, 0.717) is 12.2 Å². The van der Waals surface area contributed by atoms with E-state index in [2.05, 4.69) is 18.0 Å². The third kappa shape index (κ3) is 4.66. The van der Waals surface area contributed by atoms with Crippen LogP contribution in [0.2, 0.25) is 0 Å². The van der Waals surface area contributed by atoms with Crippen molar-refractivity contribution < 1.29 is 14.3 Å². The molecule has 4 rings (SSSR count). The Balaban J connectivity index is 1.68. The summed E-state index contributed by atoms with van der Waals surface area (Å²) in [4.78, 5) is 19.4. The zero-order valence-electron chi connectivity index (χ0n) is 16.8. The molecule has 29 heavy (non-hydrogen) atoms. The zero-order chi connectivity index (χ0) is 20.2. The van der Waals surface area contributed by atoms with Gasteiger partial charge in [0, 0.05) is 13.1 Å². The van der Waals surface area contributed by atoms with Crippen molar-refractivity contribution in [2.75, 3.05) is 26.7 Å². The Labute approximate surface area is 175 Å². The second-order valence-corrected chi connectivity index (χ2v) is 8.45. The van der Waals surface area contributed by atoms with Gasteiger partial charge in [-0.15, -0.1) is 11.3 Å². The van der Waals surface area contributed by atoms with E-state index in [1.54, 1.807) is 17.4 Å². The highest BCUT2D eigenvalue weighted by Gasteiger charge is 2.26. The van der Waals surface area contributed by atoms with Gasteiger partial charge in [-0.3, -0.25) is 0 Å². The molecule has 1 unspecified atom stereocenters. The first-order valence-corrected chi connectivity index (χ1v) is 10.9. The standard InChI is InChI=1S/C23H26N2O3S/c1-3-27-23(26)17-8-6-7-16(15-17)21(28-18-11-13-25(2)14-12-18)22-24-19-9-4-5-10-20(19)29-22/h4-10,15,18,21H,3,11-14H2,1-2H3. The molecule has 0 spiro atoms. The molecule has 1 aromatic heterocycles. The monoisotopic (exact) mass is 410 g/mol. The van der Waals surface area contributed by atoms with Gasteiger partial charge in [-0.05, 0) is 56.6 Å². The number of aromatic nitrogens is 1. The Kier molecular flexibility index (Phi) is 6.23. The van der Waals surface area contributed by atoms with E-state index in [0.717, 1.165) is 46.7 Å². The van der Waals surface area contributed by atoms with Crippen molar-refractivity contribution in [2.24, 2.45) is 0 Å². The fourth-order valence-electron chi connectivity index (χ4n) is 3.64. The predicted molar refractivity (Wildman–Crippen MR) is 115 cm³/mol. The molecule has 1 fully saturated rings.